The van der Waals surface area contributed by atoms with E-state index < -0.39 is 0 Å². The van der Waals surface area contributed by atoms with Gasteiger partial charge in [-0.3, -0.25) is 0 Å². The summed E-state index contributed by atoms with van der Waals surface area (Å²) in [6.45, 7) is 17.6. The summed E-state index contributed by atoms with van der Waals surface area (Å²) in [5.74, 6) is 0. The van der Waals surface area contributed by atoms with Crippen LogP contribution in [0, 0.1) is 41.5 Å². The molecule has 10 aromatic carbocycles. The lowest BCUT2D eigenvalue weighted by molar-refractivity contribution is 0.661. The largest absolute Gasteiger partial charge is 0.311 e. The highest BCUT2D eigenvalue weighted by Gasteiger charge is 2.49. The van der Waals surface area contributed by atoms with E-state index in [2.05, 4.69) is 281 Å². The molecule has 4 nitrogen and oxygen atoms in total. The lowest BCUT2D eigenvalue weighted by Crippen LogP contribution is -2.62. The summed E-state index contributed by atoms with van der Waals surface area (Å²) < 4.78 is 9.85. The molecule has 0 saturated carbocycles. The first-order valence-electron chi connectivity index (χ1n) is 26.5. The van der Waals surface area contributed by atoms with Crippen LogP contribution >= 0.6 is 0 Å². The molecule has 5 heteroatoms. The maximum atomic E-state index is 9.85. The van der Waals surface area contributed by atoms with Crippen LogP contribution in [0.15, 0.2) is 212 Å². The van der Waals surface area contributed by atoms with Gasteiger partial charge in [0.25, 0.3) is 6.71 Å². The molecular formula is C69H59BN4. The van der Waals surface area contributed by atoms with E-state index in [0.29, 0.717) is 6.04 Å². The summed E-state index contributed by atoms with van der Waals surface area (Å²) in [5.41, 5.74) is 28.6. The molecule has 10 aromatic rings. The first-order valence-corrected chi connectivity index (χ1v) is 26.0. The Hall–Kier alpha value is -8.54. The van der Waals surface area contributed by atoms with Gasteiger partial charge in [0.2, 0.25) is 0 Å². The number of hydrogen-bond acceptors (Lipinski definition) is 4. The van der Waals surface area contributed by atoms with Crippen LogP contribution in [0.4, 0.5) is 68.2 Å². The second-order valence-corrected chi connectivity index (χ2v) is 21.4. The highest BCUT2D eigenvalue weighted by Crippen LogP contribution is 2.57. The van der Waals surface area contributed by atoms with Gasteiger partial charge in [-0.05, 0) is 183 Å². The van der Waals surface area contributed by atoms with Gasteiger partial charge in [0.05, 0.1) is 7.06 Å². The van der Waals surface area contributed by atoms with Crippen molar-refractivity contribution in [3.8, 4) is 11.1 Å². The molecule has 2 aliphatic heterocycles. The van der Waals surface area contributed by atoms with Crippen LogP contribution in [0.2, 0.25) is 0 Å². The highest BCUT2D eigenvalue weighted by molar-refractivity contribution is 7.01. The molecule has 74 heavy (non-hydrogen) atoms. The van der Waals surface area contributed by atoms with Crippen molar-refractivity contribution in [2.24, 2.45) is 0 Å². The number of rotatable bonds is 8. The summed E-state index contributed by atoms with van der Waals surface area (Å²) in [6, 6.07) is 77.1. The van der Waals surface area contributed by atoms with Crippen LogP contribution in [0.3, 0.4) is 0 Å². The van der Waals surface area contributed by atoms with Gasteiger partial charge in [0, 0.05) is 68.0 Å². The molecule has 0 amide bonds. The molecular weight excluding hydrogens is 896 g/mol. The molecule has 0 aromatic heterocycles. The van der Waals surface area contributed by atoms with Crippen LogP contribution in [0.25, 0.3) is 11.1 Å². The minimum absolute atomic E-state index is 0.206. The monoisotopic (exact) mass is 955 g/mol. The van der Waals surface area contributed by atoms with Crippen molar-refractivity contribution in [3.63, 3.8) is 0 Å². The SMILES string of the molecule is [2H]c1cc2c3c(c1)N(c1ccc(C)cc1)c1cc(N(c4ccc(C)cc4)c4ccc(C)cc4)c4c(c1B3c1ccc(N(c3ccc(C)cc3)c3ccc(C)cc3)cc1N2c1ccc(C)cc1)-c1ccccc1C4(C)C. The fourth-order valence-electron chi connectivity index (χ4n) is 12.2. The van der Waals surface area contributed by atoms with Crippen molar-refractivity contribution in [1.82, 2.24) is 0 Å². The third kappa shape index (κ3) is 7.20. The Labute approximate surface area is 438 Å². The Kier molecular flexibility index (Phi) is 10.3. The third-order valence-corrected chi connectivity index (χ3v) is 15.9. The fourth-order valence-corrected chi connectivity index (χ4v) is 12.2. The number of aryl methyl sites for hydroxylation is 6. The lowest BCUT2D eigenvalue weighted by Gasteiger charge is -2.46. The summed E-state index contributed by atoms with van der Waals surface area (Å²) in [6.07, 6.45) is 0. The van der Waals surface area contributed by atoms with Crippen LogP contribution < -0.4 is 36.0 Å². The Morgan fingerprint density at radius 2 is 0.824 bits per heavy atom. The second kappa shape index (κ2) is 17.3. The minimum Gasteiger partial charge on any atom is -0.311 e. The van der Waals surface area contributed by atoms with Gasteiger partial charge in [0.15, 0.2) is 0 Å². The number of nitrogens with zero attached hydrogens (tertiary/aromatic N) is 4. The zero-order valence-corrected chi connectivity index (χ0v) is 43.5. The zero-order valence-electron chi connectivity index (χ0n) is 44.5. The minimum atomic E-state index is -0.384. The van der Waals surface area contributed by atoms with Gasteiger partial charge in [-0.1, -0.05) is 156 Å². The van der Waals surface area contributed by atoms with Crippen LogP contribution in [-0.4, -0.2) is 6.71 Å². The summed E-state index contributed by atoms with van der Waals surface area (Å²) in [5, 5.41) is 0. The maximum absolute atomic E-state index is 9.85. The molecule has 0 saturated heterocycles. The van der Waals surface area contributed by atoms with E-state index in [1.54, 1.807) is 0 Å². The predicted octanol–water partition coefficient (Wildman–Crippen LogP) is 16.9. The van der Waals surface area contributed by atoms with Crippen LogP contribution in [0.5, 0.6) is 0 Å². The Morgan fingerprint density at radius 1 is 0.405 bits per heavy atom. The summed E-state index contributed by atoms with van der Waals surface area (Å²) in [4.78, 5) is 9.79. The van der Waals surface area contributed by atoms with Gasteiger partial charge in [0.1, 0.15) is 0 Å². The number of fused-ring (bicyclic) bond motifs is 8. The van der Waals surface area contributed by atoms with Crippen molar-refractivity contribution in [2.75, 3.05) is 19.6 Å². The number of hydrogen-bond donors (Lipinski definition) is 0. The average molecular weight is 956 g/mol. The molecule has 13 rings (SSSR count). The molecule has 0 unspecified atom stereocenters. The van der Waals surface area contributed by atoms with E-state index in [4.69, 9.17) is 0 Å². The van der Waals surface area contributed by atoms with E-state index in [1.807, 2.05) is 0 Å². The Bertz CT molecular complexity index is 3760. The lowest BCUT2D eigenvalue weighted by atomic mass is 9.32. The van der Waals surface area contributed by atoms with Gasteiger partial charge in [-0.25, -0.2) is 0 Å². The standard InChI is InChI=1S/C69H59BN4/c1-44-16-28-50(29-17-44)71(51-30-18-45(2)19-31-51)56-40-41-59-62(42-56)73(54-36-24-48(5)25-37-54)60-14-11-15-61-67(60)70(59)68-64(74(61)55-38-26-49(6)27-39-55)43-63(66-65(68)57-12-9-10-13-58(57)69(66,7)8)72(52-32-20-46(3)21-33-52)53-34-22-47(4)23-35-53/h9-43H,1-8H3/i11D. The molecule has 0 fully saturated rings. The number of benzene rings is 10. The summed E-state index contributed by atoms with van der Waals surface area (Å²) in [7, 11) is 0. The molecule has 0 bridgehead atoms. The summed E-state index contributed by atoms with van der Waals surface area (Å²) >= 11 is 0. The van der Waals surface area contributed by atoms with E-state index in [9.17, 15) is 1.37 Å². The van der Waals surface area contributed by atoms with Gasteiger partial charge in [-0.15, -0.1) is 0 Å². The second-order valence-electron chi connectivity index (χ2n) is 21.4. The maximum Gasteiger partial charge on any atom is 0.252 e. The number of anilines is 12. The van der Waals surface area contributed by atoms with E-state index >= 15 is 0 Å². The molecule has 2 heterocycles. The Balaban J connectivity index is 1.17. The molecule has 3 aliphatic rings. The highest BCUT2D eigenvalue weighted by atomic mass is 15.2. The van der Waals surface area contributed by atoms with E-state index in [1.165, 1.54) is 72.0 Å². The predicted molar refractivity (Wildman–Crippen MR) is 316 cm³/mol. The van der Waals surface area contributed by atoms with Crippen LogP contribution in [0.1, 0.15) is 59.7 Å². The molecule has 0 spiro atoms. The first kappa shape index (κ1) is 44.2. The normalized spacial score (nSPS) is 13.6. The third-order valence-electron chi connectivity index (χ3n) is 15.9. The zero-order chi connectivity index (χ0) is 51.4. The van der Waals surface area contributed by atoms with Crippen molar-refractivity contribution in [3.05, 3.63) is 257 Å². The quantitative estimate of drug-likeness (QED) is 0.141. The first-order chi connectivity index (χ1) is 36.3. The van der Waals surface area contributed by atoms with Crippen molar-refractivity contribution in [1.29, 1.82) is 0 Å². The average Bonchev–Trinajstić information content (AvgIpc) is 3.79. The molecule has 0 N–H and O–H groups in total. The van der Waals surface area contributed by atoms with Gasteiger partial charge >= 0.3 is 0 Å². The molecule has 0 atom stereocenters. The fraction of sp³-hybridized carbons (Fsp3) is 0.130. The van der Waals surface area contributed by atoms with Crippen molar-refractivity contribution >= 4 is 91.3 Å². The van der Waals surface area contributed by atoms with Gasteiger partial charge < -0.3 is 19.6 Å². The van der Waals surface area contributed by atoms with E-state index in [0.717, 1.165) is 68.2 Å². The van der Waals surface area contributed by atoms with Crippen LogP contribution in [-0.2, 0) is 5.41 Å². The van der Waals surface area contributed by atoms with E-state index in [-0.39, 0.29) is 12.1 Å². The molecule has 0 radical (unpaired) electrons. The van der Waals surface area contributed by atoms with Crippen molar-refractivity contribution < 1.29 is 1.37 Å². The topological polar surface area (TPSA) is 13.0 Å². The smallest absolute Gasteiger partial charge is 0.252 e. The molecule has 1 aliphatic carbocycles. The van der Waals surface area contributed by atoms with Crippen molar-refractivity contribution in [2.45, 2.75) is 60.8 Å². The Morgan fingerprint density at radius 3 is 1.31 bits per heavy atom. The van der Waals surface area contributed by atoms with Gasteiger partial charge in [-0.2, -0.15) is 0 Å². The molecule has 358 valence electrons.